The number of hydrogen-bond donors (Lipinski definition) is 1. The number of hydrogen-bond acceptors (Lipinski definition) is 7. The first-order valence-corrected chi connectivity index (χ1v) is 14.2. The summed E-state index contributed by atoms with van der Waals surface area (Å²) in [5.74, 6) is -1.72. The van der Waals surface area contributed by atoms with Gasteiger partial charge in [0.05, 0.1) is 24.0 Å². The number of anilines is 2. The van der Waals surface area contributed by atoms with Crippen LogP contribution in [0.3, 0.4) is 0 Å². The summed E-state index contributed by atoms with van der Waals surface area (Å²) in [5.41, 5.74) is 2.74. The molecule has 7 rings (SSSR count). The number of para-hydroxylation sites is 2. The zero-order chi connectivity index (χ0) is 30.7. The predicted octanol–water partition coefficient (Wildman–Crippen LogP) is 5.85. The van der Waals surface area contributed by atoms with Gasteiger partial charge in [-0.2, -0.15) is 0 Å². The van der Waals surface area contributed by atoms with Crippen molar-refractivity contribution in [2.75, 3.05) is 17.3 Å². The molecule has 0 aliphatic carbocycles. The Balaban J connectivity index is 1.52. The minimum Gasteiger partial charge on any atom is -0.497 e. The molecule has 1 saturated heterocycles. The predicted molar refractivity (Wildman–Crippen MR) is 165 cm³/mol. The molecule has 9 heteroatoms. The van der Waals surface area contributed by atoms with Crippen molar-refractivity contribution in [1.29, 1.82) is 0 Å². The number of non-ortho nitro benzene ring substituents is 1. The van der Waals surface area contributed by atoms with Crippen molar-refractivity contribution in [3.8, 4) is 5.75 Å². The van der Waals surface area contributed by atoms with Crippen LogP contribution in [-0.2, 0) is 10.2 Å². The van der Waals surface area contributed by atoms with Gasteiger partial charge in [-0.3, -0.25) is 24.5 Å². The van der Waals surface area contributed by atoms with Gasteiger partial charge in [-0.25, -0.2) is 0 Å². The zero-order valence-electron chi connectivity index (χ0n) is 23.9. The standard InChI is InChI=1S/C35H27N3O6/c1-20-19-29-35(26-8-4-5-9-27(26)36-34(35)41)30(32(39)21-13-17-24(44-2)18-14-21)31(37(29)28-10-6-3-7-25(20)28)33(40)22-11-15-23(16-12-22)38(42)43/h3-19,29-31H,1-2H3,(H,36,41)/t29-,30-,31+,35-/m0/s1. The van der Waals surface area contributed by atoms with Gasteiger partial charge in [-0.05, 0) is 66.6 Å². The molecule has 0 aromatic heterocycles. The molecule has 1 amide bonds. The van der Waals surface area contributed by atoms with Gasteiger partial charge < -0.3 is 15.0 Å². The number of allylic oxidation sites excluding steroid dienone is 1. The minimum absolute atomic E-state index is 0.154. The largest absolute Gasteiger partial charge is 0.497 e. The summed E-state index contributed by atoms with van der Waals surface area (Å²) in [7, 11) is 1.53. The van der Waals surface area contributed by atoms with Gasteiger partial charge in [0, 0.05) is 40.2 Å². The van der Waals surface area contributed by atoms with Crippen molar-refractivity contribution < 1.29 is 24.0 Å². The maximum atomic E-state index is 14.9. The van der Waals surface area contributed by atoms with E-state index in [9.17, 15) is 24.5 Å². The molecule has 3 aliphatic heterocycles. The van der Waals surface area contributed by atoms with Gasteiger partial charge in [-0.15, -0.1) is 0 Å². The topological polar surface area (TPSA) is 119 Å². The van der Waals surface area contributed by atoms with Crippen molar-refractivity contribution >= 4 is 40.1 Å². The number of methoxy groups -OCH3 is 1. The fourth-order valence-electron chi connectivity index (χ4n) is 7.24. The number of rotatable bonds is 6. The summed E-state index contributed by atoms with van der Waals surface area (Å²) in [4.78, 5) is 56.9. The first kappa shape index (κ1) is 27.3. The van der Waals surface area contributed by atoms with Crippen LogP contribution in [0.4, 0.5) is 17.1 Å². The highest BCUT2D eigenvalue weighted by atomic mass is 16.6. The summed E-state index contributed by atoms with van der Waals surface area (Å²) >= 11 is 0. The molecule has 0 bridgehead atoms. The third kappa shape index (κ3) is 3.75. The Morgan fingerprint density at radius 1 is 0.886 bits per heavy atom. The van der Waals surface area contributed by atoms with E-state index in [0.717, 1.165) is 16.8 Å². The monoisotopic (exact) mass is 585 g/mol. The molecule has 1 N–H and O–H groups in total. The van der Waals surface area contributed by atoms with Gasteiger partial charge in [0.1, 0.15) is 17.2 Å². The second-order valence-corrected chi connectivity index (χ2v) is 11.3. The molecule has 3 aliphatic rings. The van der Waals surface area contributed by atoms with Crippen LogP contribution in [0.1, 0.15) is 38.8 Å². The fourth-order valence-corrected chi connectivity index (χ4v) is 7.24. The highest BCUT2D eigenvalue weighted by Gasteiger charge is 2.70. The van der Waals surface area contributed by atoms with Gasteiger partial charge >= 0.3 is 0 Å². The second kappa shape index (κ2) is 10.0. The van der Waals surface area contributed by atoms with Crippen LogP contribution in [0.2, 0.25) is 0 Å². The Bertz CT molecular complexity index is 1900. The maximum absolute atomic E-state index is 14.9. The first-order valence-electron chi connectivity index (χ1n) is 14.2. The van der Waals surface area contributed by atoms with E-state index < -0.39 is 34.1 Å². The van der Waals surface area contributed by atoms with E-state index in [0.29, 0.717) is 22.6 Å². The van der Waals surface area contributed by atoms with E-state index in [-0.39, 0.29) is 22.9 Å². The fraction of sp³-hybridized carbons (Fsp3) is 0.171. The normalized spacial score (nSPS) is 22.9. The maximum Gasteiger partial charge on any atom is 0.269 e. The molecule has 44 heavy (non-hydrogen) atoms. The number of ether oxygens (including phenoxy) is 1. The van der Waals surface area contributed by atoms with E-state index in [1.165, 1.54) is 31.4 Å². The van der Waals surface area contributed by atoms with Crippen molar-refractivity contribution in [2.24, 2.45) is 5.92 Å². The molecule has 4 aromatic carbocycles. The molecule has 1 spiro atoms. The van der Waals surface area contributed by atoms with E-state index in [1.54, 1.807) is 30.3 Å². The van der Waals surface area contributed by atoms with Gasteiger partial charge in [0.15, 0.2) is 11.6 Å². The Kier molecular flexibility index (Phi) is 6.21. The highest BCUT2D eigenvalue weighted by Crippen LogP contribution is 2.58. The third-order valence-electron chi connectivity index (χ3n) is 9.17. The molecule has 4 atom stereocenters. The third-order valence-corrected chi connectivity index (χ3v) is 9.17. The lowest BCUT2D eigenvalue weighted by Gasteiger charge is -2.39. The lowest BCUT2D eigenvalue weighted by molar-refractivity contribution is -0.384. The summed E-state index contributed by atoms with van der Waals surface area (Å²) in [6.07, 6.45) is 1.99. The molecular weight excluding hydrogens is 558 g/mol. The molecule has 1 fully saturated rings. The number of carbonyl (C=O) groups excluding carboxylic acids is 3. The van der Waals surface area contributed by atoms with Gasteiger partial charge in [0.2, 0.25) is 5.91 Å². The quantitative estimate of drug-likeness (QED) is 0.171. The number of nitro groups is 1. The smallest absolute Gasteiger partial charge is 0.269 e. The molecule has 4 aromatic rings. The summed E-state index contributed by atoms with van der Waals surface area (Å²) in [5, 5.41) is 14.4. The number of carbonyl (C=O) groups is 3. The summed E-state index contributed by atoms with van der Waals surface area (Å²) in [6.45, 7) is 1.97. The number of nitro benzene ring substituents is 1. The Morgan fingerprint density at radius 2 is 1.52 bits per heavy atom. The number of nitrogens with zero attached hydrogens (tertiary/aromatic N) is 2. The van der Waals surface area contributed by atoms with Crippen molar-refractivity contribution in [2.45, 2.75) is 24.4 Å². The van der Waals surface area contributed by atoms with Crippen LogP contribution < -0.4 is 15.0 Å². The molecule has 0 unspecified atom stereocenters. The minimum atomic E-state index is -1.45. The number of benzene rings is 4. The lowest BCUT2D eigenvalue weighted by atomic mass is 9.64. The highest BCUT2D eigenvalue weighted by molar-refractivity contribution is 6.18. The van der Waals surface area contributed by atoms with Crippen LogP contribution in [0.15, 0.2) is 103 Å². The molecule has 0 saturated carbocycles. The number of amides is 1. The lowest BCUT2D eigenvalue weighted by Crippen LogP contribution is -2.51. The molecule has 3 heterocycles. The van der Waals surface area contributed by atoms with E-state index in [4.69, 9.17) is 4.74 Å². The van der Waals surface area contributed by atoms with Crippen LogP contribution in [0, 0.1) is 16.0 Å². The van der Waals surface area contributed by atoms with E-state index >= 15 is 0 Å². The van der Waals surface area contributed by atoms with E-state index in [1.807, 2.05) is 60.4 Å². The Labute approximate surface area is 252 Å². The average Bonchev–Trinajstić information content (AvgIpc) is 3.52. The first-order chi connectivity index (χ1) is 21.3. The van der Waals surface area contributed by atoms with Crippen LogP contribution in [0.5, 0.6) is 5.75 Å². The summed E-state index contributed by atoms with van der Waals surface area (Å²) in [6, 6.07) is 25.2. The number of Topliss-reactive ketones (excluding diaryl/α,β-unsaturated/α-hetero) is 2. The van der Waals surface area contributed by atoms with Crippen LogP contribution >= 0.6 is 0 Å². The molecular formula is C35H27N3O6. The van der Waals surface area contributed by atoms with Crippen molar-refractivity contribution in [3.63, 3.8) is 0 Å². The van der Waals surface area contributed by atoms with Crippen molar-refractivity contribution in [1.82, 2.24) is 0 Å². The van der Waals surface area contributed by atoms with Crippen LogP contribution in [0.25, 0.3) is 5.57 Å². The second-order valence-electron chi connectivity index (χ2n) is 11.3. The number of ketones is 2. The summed E-state index contributed by atoms with van der Waals surface area (Å²) < 4.78 is 5.31. The Morgan fingerprint density at radius 3 is 2.23 bits per heavy atom. The SMILES string of the molecule is COc1ccc(C(=O)[C@@H]2[C@H](C(=O)c3ccc([N+](=O)[O-])cc3)N3c4ccccc4C(C)=C[C@H]3[C@]23C(=O)Nc2ccccc23)cc1. The molecule has 218 valence electrons. The average molecular weight is 586 g/mol. The van der Waals surface area contributed by atoms with Crippen molar-refractivity contribution in [3.05, 3.63) is 136 Å². The van der Waals surface area contributed by atoms with E-state index in [2.05, 4.69) is 5.32 Å². The van der Waals surface area contributed by atoms with Gasteiger partial charge in [0.25, 0.3) is 5.69 Å². The van der Waals surface area contributed by atoms with Gasteiger partial charge in [-0.1, -0.05) is 42.5 Å². The number of nitrogens with one attached hydrogen (secondary N) is 1. The zero-order valence-corrected chi connectivity index (χ0v) is 23.9. The van der Waals surface area contributed by atoms with Crippen LogP contribution in [-0.4, -0.2) is 41.6 Å². The molecule has 9 nitrogen and oxygen atoms in total. The number of fused-ring (bicyclic) bond motifs is 6. The molecule has 0 radical (unpaired) electrons. The Hall–Kier alpha value is -5.57.